The van der Waals surface area contributed by atoms with E-state index < -0.39 is 0 Å². The van der Waals surface area contributed by atoms with Gasteiger partial charge in [-0.3, -0.25) is 0 Å². The van der Waals surface area contributed by atoms with Crippen molar-refractivity contribution in [3.63, 3.8) is 0 Å². The summed E-state index contributed by atoms with van der Waals surface area (Å²) < 4.78 is 12.9. The first-order valence-electron chi connectivity index (χ1n) is 5.74. The average Bonchev–Trinajstić information content (AvgIpc) is 2.16. The maximum Gasteiger partial charge on any atom is 0.123 e. The van der Waals surface area contributed by atoms with E-state index >= 15 is 0 Å². The summed E-state index contributed by atoms with van der Waals surface area (Å²) in [6, 6.07) is 7.29. The molecule has 0 bridgehead atoms. The Morgan fingerprint density at radius 2 is 2.12 bits per heavy atom. The van der Waals surface area contributed by atoms with Gasteiger partial charge in [-0.2, -0.15) is 0 Å². The highest BCUT2D eigenvalue weighted by molar-refractivity contribution is 5.15. The molecule has 0 aromatic heterocycles. The lowest BCUT2D eigenvalue weighted by Gasteiger charge is -2.18. The fourth-order valence-electron chi connectivity index (χ4n) is 1.57. The molecule has 0 saturated carbocycles. The summed E-state index contributed by atoms with van der Waals surface area (Å²) in [4.78, 5) is 2.18. The molecule has 1 aromatic carbocycles. The molecular formula is C13H21FN2. The Balaban J connectivity index is 2.31. The van der Waals surface area contributed by atoms with E-state index in [1.807, 2.05) is 13.1 Å². The SMILES string of the molecule is CC(C)NCCN(C)Cc1cccc(F)c1. The lowest BCUT2D eigenvalue weighted by atomic mass is 10.2. The van der Waals surface area contributed by atoms with Crippen molar-refractivity contribution in [3.05, 3.63) is 35.6 Å². The van der Waals surface area contributed by atoms with Gasteiger partial charge in [0.25, 0.3) is 0 Å². The van der Waals surface area contributed by atoms with E-state index in [1.165, 1.54) is 6.07 Å². The molecule has 1 N–H and O–H groups in total. The third-order valence-corrected chi connectivity index (χ3v) is 2.39. The molecule has 0 atom stereocenters. The predicted octanol–water partition coefficient (Wildman–Crippen LogP) is 2.26. The molecule has 0 amide bonds. The highest BCUT2D eigenvalue weighted by Crippen LogP contribution is 2.05. The fourth-order valence-corrected chi connectivity index (χ4v) is 1.57. The summed E-state index contributed by atoms with van der Waals surface area (Å²) in [5.41, 5.74) is 1.02. The Morgan fingerprint density at radius 1 is 1.38 bits per heavy atom. The molecule has 90 valence electrons. The number of halogens is 1. The standard InChI is InChI=1S/C13H21FN2/c1-11(2)15-7-8-16(3)10-12-5-4-6-13(14)9-12/h4-6,9,11,15H,7-8,10H2,1-3H3. The van der Waals surface area contributed by atoms with Gasteiger partial charge in [0.15, 0.2) is 0 Å². The fraction of sp³-hybridized carbons (Fsp3) is 0.538. The van der Waals surface area contributed by atoms with E-state index in [1.54, 1.807) is 12.1 Å². The molecule has 1 rings (SSSR count). The third-order valence-electron chi connectivity index (χ3n) is 2.39. The van der Waals surface area contributed by atoms with Crippen LogP contribution in [0.1, 0.15) is 19.4 Å². The Morgan fingerprint density at radius 3 is 2.75 bits per heavy atom. The molecule has 0 aliphatic carbocycles. The second kappa shape index (κ2) is 6.61. The number of hydrogen-bond acceptors (Lipinski definition) is 2. The minimum absolute atomic E-state index is 0.161. The first-order chi connectivity index (χ1) is 7.58. The van der Waals surface area contributed by atoms with Crippen LogP contribution < -0.4 is 5.32 Å². The highest BCUT2D eigenvalue weighted by atomic mass is 19.1. The minimum Gasteiger partial charge on any atom is -0.313 e. The smallest absolute Gasteiger partial charge is 0.123 e. The zero-order valence-corrected chi connectivity index (χ0v) is 10.3. The van der Waals surface area contributed by atoms with E-state index in [9.17, 15) is 4.39 Å². The van der Waals surface area contributed by atoms with E-state index in [2.05, 4.69) is 24.1 Å². The van der Waals surface area contributed by atoms with Crippen LogP contribution in [-0.4, -0.2) is 31.1 Å². The van der Waals surface area contributed by atoms with Gasteiger partial charge in [-0.25, -0.2) is 4.39 Å². The Hall–Kier alpha value is -0.930. The number of rotatable bonds is 6. The lowest BCUT2D eigenvalue weighted by Crippen LogP contribution is -2.32. The Bertz CT molecular complexity index is 313. The van der Waals surface area contributed by atoms with Crippen molar-refractivity contribution in [2.75, 3.05) is 20.1 Å². The van der Waals surface area contributed by atoms with Crippen LogP contribution in [0, 0.1) is 5.82 Å². The van der Waals surface area contributed by atoms with Crippen LogP contribution in [0.5, 0.6) is 0 Å². The topological polar surface area (TPSA) is 15.3 Å². The molecule has 0 fully saturated rings. The highest BCUT2D eigenvalue weighted by Gasteiger charge is 2.01. The van der Waals surface area contributed by atoms with Gasteiger partial charge in [0.1, 0.15) is 5.82 Å². The molecule has 0 heterocycles. The number of likely N-dealkylation sites (N-methyl/N-ethyl adjacent to an activating group) is 1. The van der Waals surface area contributed by atoms with Gasteiger partial charge in [-0.15, -0.1) is 0 Å². The van der Waals surface area contributed by atoms with Gasteiger partial charge in [0.05, 0.1) is 0 Å². The van der Waals surface area contributed by atoms with Crippen molar-refractivity contribution in [2.24, 2.45) is 0 Å². The summed E-state index contributed by atoms with van der Waals surface area (Å²) >= 11 is 0. The molecule has 0 aliphatic heterocycles. The van der Waals surface area contributed by atoms with Gasteiger partial charge in [-0.05, 0) is 24.7 Å². The molecule has 0 unspecified atom stereocenters. The molecule has 0 saturated heterocycles. The van der Waals surface area contributed by atoms with E-state index in [0.717, 1.165) is 25.2 Å². The lowest BCUT2D eigenvalue weighted by molar-refractivity contribution is 0.319. The quantitative estimate of drug-likeness (QED) is 0.797. The first kappa shape index (κ1) is 13.1. The van der Waals surface area contributed by atoms with E-state index in [0.29, 0.717) is 6.04 Å². The molecule has 1 aromatic rings. The van der Waals surface area contributed by atoms with Crippen molar-refractivity contribution >= 4 is 0 Å². The van der Waals surface area contributed by atoms with Crippen molar-refractivity contribution < 1.29 is 4.39 Å². The van der Waals surface area contributed by atoms with Crippen molar-refractivity contribution in [1.29, 1.82) is 0 Å². The number of nitrogens with one attached hydrogen (secondary N) is 1. The molecule has 0 aliphatic rings. The van der Waals surface area contributed by atoms with Crippen molar-refractivity contribution in [2.45, 2.75) is 26.4 Å². The zero-order chi connectivity index (χ0) is 12.0. The van der Waals surface area contributed by atoms with E-state index in [-0.39, 0.29) is 5.82 Å². The summed E-state index contributed by atoms with van der Waals surface area (Å²) in [5, 5.41) is 3.36. The molecule has 2 nitrogen and oxygen atoms in total. The molecule has 0 spiro atoms. The minimum atomic E-state index is -0.161. The second-order valence-electron chi connectivity index (χ2n) is 4.48. The first-order valence-corrected chi connectivity index (χ1v) is 5.74. The van der Waals surface area contributed by atoms with Gasteiger partial charge in [0.2, 0.25) is 0 Å². The Kier molecular flexibility index (Phi) is 5.43. The van der Waals surface area contributed by atoms with Crippen LogP contribution in [0.25, 0.3) is 0 Å². The van der Waals surface area contributed by atoms with Crippen LogP contribution >= 0.6 is 0 Å². The number of benzene rings is 1. The normalized spacial score (nSPS) is 11.4. The van der Waals surface area contributed by atoms with Gasteiger partial charge >= 0.3 is 0 Å². The predicted molar refractivity (Wildman–Crippen MR) is 65.9 cm³/mol. The van der Waals surface area contributed by atoms with Gasteiger partial charge < -0.3 is 10.2 Å². The summed E-state index contributed by atoms with van der Waals surface area (Å²) in [6.45, 7) is 6.98. The maximum atomic E-state index is 12.9. The van der Waals surface area contributed by atoms with Crippen LogP contribution in [0.4, 0.5) is 4.39 Å². The third kappa shape index (κ3) is 5.24. The van der Waals surface area contributed by atoms with Crippen LogP contribution in [0.3, 0.4) is 0 Å². The average molecular weight is 224 g/mol. The molecule has 0 radical (unpaired) electrons. The number of nitrogens with zero attached hydrogens (tertiary/aromatic N) is 1. The maximum absolute atomic E-state index is 12.9. The van der Waals surface area contributed by atoms with E-state index in [4.69, 9.17) is 0 Å². The largest absolute Gasteiger partial charge is 0.313 e. The summed E-state index contributed by atoms with van der Waals surface area (Å²) in [7, 11) is 2.05. The second-order valence-corrected chi connectivity index (χ2v) is 4.48. The molecule has 16 heavy (non-hydrogen) atoms. The van der Waals surface area contributed by atoms with Crippen LogP contribution in [0.2, 0.25) is 0 Å². The summed E-state index contributed by atoms with van der Waals surface area (Å²) in [6.07, 6.45) is 0. The van der Waals surface area contributed by atoms with Crippen LogP contribution in [-0.2, 0) is 6.54 Å². The molecular weight excluding hydrogens is 203 g/mol. The zero-order valence-electron chi connectivity index (χ0n) is 10.3. The van der Waals surface area contributed by atoms with Crippen LogP contribution in [0.15, 0.2) is 24.3 Å². The van der Waals surface area contributed by atoms with Gasteiger partial charge in [-0.1, -0.05) is 26.0 Å². The van der Waals surface area contributed by atoms with Gasteiger partial charge in [0, 0.05) is 25.7 Å². The van der Waals surface area contributed by atoms with Crippen molar-refractivity contribution in [3.8, 4) is 0 Å². The monoisotopic (exact) mass is 224 g/mol. The molecule has 3 heteroatoms. The summed E-state index contributed by atoms with van der Waals surface area (Å²) in [5.74, 6) is -0.161. The Labute approximate surface area is 97.5 Å². The number of hydrogen-bond donors (Lipinski definition) is 1. The van der Waals surface area contributed by atoms with Crippen molar-refractivity contribution in [1.82, 2.24) is 10.2 Å².